The van der Waals surface area contributed by atoms with Crippen molar-refractivity contribution in [3.8, 4) is 0 Å². The zero-order chi connectivity index (χ0) is 13.8. The van der Waals surface area contributed by atoms with Gasteiger partial charge in [-0.2, -0.15) is 0 Å². The molecular formula is C17H21N3. The van der Waals surface area contributed by atoms with Crippen LogP contribution >= 0.6 is 0 Å². The predicted molar refractivity (Wildman–Crippen MR) is 80.9 cm³/mol. The van der Waals surface area contributed by atoms with Gasteiger partial charge in [-0.25, -0.2) is 9.97 Å². The molecule has 0 unspecified atom stereocenters. The molecule has 0 saturated heterocycles. The van der Waals surface area contributed by atoms with Crippen LogP contribution in [0.4, 0.5) is 0 Å². The van der Waals surface area contributed by atoms with Crippen molar-refractivity contribution in [2.45, 2.75) is 32.6 Å². The topological polar surface area (TPSA) is 37.8 Å². The SMILES string of the molecule is CCc1nc(Cc2ccccc2)nc2c1CCNCC2. The summed E-state index contributed by atoms with van der Waals surface area (Å²) in [5.41, 5.74) is 5.16. The van der Waals surface area contributed by atoms with E-state index >= 15 is 0 Å². The number of aromatic nitrogens is 2. The molecule has 0 spiro atoms. The molecule has 2 aromatic rings. The molecule has 104 valence electrons. The van der Waals surface area contributed by atoms with Crippen LogP contribution in [-0.2, 0) is 25.7 Å². The Kier molecular flexibility index (Phi) is 4.07. The predicted octanol–water partition coefficient (Wildman–Crippen LogP) is 2.32. The van der Waals surface area contributed by atoms with Gasteiger partial charge in [-0.3, -0.25) is 0 Å². The van der Waals surface area contributed by atoms with E-state index in [2.05, 4.69) is 36.5 Å². The van der Waals surface area contributed by atoms with E-state index in [9.17, 15) is 0 Å². The van der Waals surface area contributed by atoms with E-state index in [0.29, 0.717) is 0 Å². The summed E-state index contributed by atoms with van der Waals surface area (Å²) in [6, 6.07) is 10.5. The Morgan fingerprint density at radius 2 is 1.85 bits per heavy atom. The van der Waals surface area contributed by atoms with Crippen LogP contribution in [0.25, 0.3) is 0 Å². The average molecular weight is 267 g/mol. The van der Waals surface area contributed by atoms with Gasteiger partial charge < -0.3 is 5.32 Å². The summed E-state index contributed by atoms with van der Waals surface area (Å²) in [6.07, 6.45) is 3.90. The fourth-order valence-corrected chi connectivity index (χ4v) is 2.83. The molecule has 20 heavy (non-hydrogen) atoms. The van der Waals surface area contributed by atoms with Crippen LogP contribution in [0.15, 0.2) is 30.3 Å². The second-order valence-corrected chi connectivity index (χ2v) is 5.28. The highest BCUT2D eigenvalue weighted by Gasteiger charge is 2.15. The molecule has 0 aliphatic carbocycles. The third-order valence-electron chi connectivity index (χ3n) is 3.86. The quantitative estimate of drug-likeness (QED) is 0.927. The van der Waals surface area contributed by atoms with Crippen molar-refractivity contribution in [2.24, 2.45) is 0 Å². The first kappa shape index (κ1) is 13.3. The van der Waals surface area contributed by atoms with Gasteiger partial charge in [0.25, 0.3) is 0 Å². The first-order valence-corrected chi connectivity index (χ1v) is 7.49. The van der Waals surface area contributed by atoms with Gasteiger partial charge >= 0.3 is 0 Å². The van der Waals surface area contributed by atoms with E-state index in [4.69, 9.17) is 9.97 Å². The third-order valence-corrected chi connectivity index (χ3v) is 3.86. The second kappa shape index (κ2) is 6.14. The molecule has 1 aromatic heterocycles. The van der Waals surface area contributed by atoms with E-state index in [0.717, 1.165) is 44.6 Å². The van der Waals surface area contributed by atoms with E-state index < -0.39 is 0 Å². The highest BCUT2D eigenvalue weighted by molar-refractivity contribution is 5.29. The lowest BCUT2D eigenvalue weighted by Crippen LogP contribution is -2.16. The Hall–Kier alpha value is -1.74. The van der Waals surface area contributed by atoms with Gasteiger partial charge in [-0.15, -0.1) is 0 Å². The highest BCUT2D eigenvalue weighted by Crippen LogP contribution is 2.17. The maximum Gasteiger partial charge on any atom is 0.133 e. The minimum atomic E-state index is 0.828. The summed E-state index contributed by atoms with van der Waals surface area (Å²) in [6.45, 7) is 4.26. The van der Waals surface area contributed by atoms with Crippen molar-refractivity contribution in [3.05, 3.63) is 58.7 Å². The summed E-state index contributed by atoms with van der Waals surface area (Å²) in [5.74, 6) is 0.966. The largest absolute Gasteiger partial charge is 0.316 e. The first-order chi connectivity index (χ1) is 9.86. The van der Waals surface area contributed by atoms with Gasteiger partial charge in [0.15, 0.2) is 0 Å². The fourth-order valence-electron chi connectivity index (χ4n) is 2.83. The van der Waals surface area contributed by atoms with Gasteiger partial charge in [0, 0.05) is 30.8 Å². The Morgan fingerprint density at radius 1 is 1.05 bits per heavy atom. The van der Waals surface area contributed by atoms with Crippen LogP contribution < -0.4 is 5.32 Å². The molecule has 0 fully saturated rings. The second-order valence-electron chi connectivity index (χ2n) is 5.28. The summed E-state index contributed by atoms with van der Waals surface area (Å²) in [7, 11) is 0. The lowest BCUT2D eigenvalue weighted by Gasteiger charge is -2.12. The lowest BCUT2D eigenvalue weighted by molar-refractivity contribution is 0.707. The zero-order valence-corrected chi connectivity index (χ0v) is 12.0. The summed E-state index contributed by atoms with van der Waals surface area (Å²) in [4.78, 5) is 9.63. The molecule has 0 saturated carbocycles. The molecular weight excluding hydrogens is 246 g/mol. The molecule has 1 aliphatic heterocycles. The van der Waals surface area contributed by atoms with Crippen molar-refractivity contribution in [1.29, 1.82) is 0 Å². The molecule has 1 aliphatic rings. The lowest BCUT2D eigenvalue weighted by atomic mass is 10.0. The smallest absolute Gasteiger partial charge is 0.133 e. The number of nitrogens with zero attached hydrogens (tertiary/aromatic N) is 2. The Bertz CT molecular complexity index is 578. The van der Waals surface area contributed by atoms with Crippen LogP contribution in [0.3, 0.4) is 0 Å². The third kappa shape index (κ3) is 2.88. The van der Waals surface area contributed by atoms with Gasteiger partial charge in [0.1, 0.15) is 5.82 Å². The molecule has 0 radical (unpaired) electrons. The Morgan fingerprint density at radius 3 is 2.65 bits per heavy atom. The van der Waals surface area contributed by atoms with Crippen LogP contribution in [0.2, 0.25) is 0 Å². The van der Waals surface area contributed by atoms with Crippen molar-refractivity contribution >= 4 is 0 Å². The molecule has 3 rings (SSSR count). The summed E-state index contributed by atoms with van der Waals surface area (Å²) >= 11 is 0. The molecule has 3 heteroatoms. The Balaban J connectivity index is 1.94. The molecule has 1 N–H and O–H groups in total. The molecule has 2 heterocycles. The molecule has 3 nitrogen and oxygen atoms in total. The minimum absolute atomic E-state index is 0.828. The van der Waals surface area contributed by atoms with Gasteiger partial charge in [0.05, 0.1) is 0 Å². The van der Waals surface area contributed by atoms with Crippen molar-refractivity contribution in [1.82, 2.24) is 15.3 Å². The minimum Gasteiger partial charge on any atom is -0.316 e. The van der Waals surface area contributed by atoms with Crippen molar-refractivity contribution in [3.63, 3.8) is 0 Å². The molecule has 0 amide bonds. The highest BCUT2D eigenvalue weighted by atomic mass is 14.9. The number of hydrogen-bond acceptors (Lipinski definition) is 3. The number of nitrogens with one attached hydrogen (secondary N) is 1. The summed E-state index contributed by atoms with van der Waals surface area (Å²) < 4.78 is 0. The normalized spacial score (nSPS) is 14.7. The first-order valence-electron chi connectivity index (χ1n) is 7.49. The monoisotopic (exact) mass is 267 g/mol. The zero-order valence-electron chi connectivity index (χ0n) is 12.0. The van der Waals surface area contributed by atoms with Crippen LogP contribution in [0.1, 0.15) is 35.3 Å². The summed E-state index contributed by atoms with van der Waals surface area (Å²) in [5, 5.41) is 3.45. The molecule has 1 aromatic carbocycles. The molecule has 0 atom stereocenters. The van der Waals surface area contributed by atoms with Crippen molar-refractivity contribution < 1.29 is 0 Å². The number of hydrogen-bond donors (Lipinski definition) is 1. The van der Waals surface area contributed by atoms with Crippen LogP contribution in [0, 0.1) is 0 Å². The number of rotatable bonds is 3. The number of fused-ring (bicyclic) bond motifs is 1. The molecule has 0 bridgehead atoms. The maximum atomic E-state index is 4.83. The maximum absolute atomic E-state index is 4.83. The van der Waals surface area contributed by atoms with Crippen LogP contribution in [-0.4, -0.2) is 23.1 Å². The average Bonchev–Trinajstić information content (AvgIpc) is 2.73. The van der Waals surface area contributed by atoms with Crippen LogP contribution in [0.5, 0.6) is 0 Å². The fraction of sp³-hybridized carbons (Fsp3) is 0.412. The van der Waals surface area contributed by atoms with Gasteiger partial charge in [-0.05, 0) is 30.5 Å². The van der Waals surface area contributed by atoms with E-state index in [1.165, 1.54) is 22.5 Å². The van der Waals surface area contributed by atoms with E-state index in [1.54, 1.807) is 0 Å². The Labute approximate surface area is 120 Å². The van der Waals surface area contributed by atoms with Gasteiger partial charge in [-0.1, -0.05) is 37.3 Å². The van der Waals surface area contributed by atoms with E-state index in [-0.39, 0.29) is 0 Å². The number of benzene rings is 1. The van der Waals surface area contributed by atoms with E-state index in [1.807, 2.05) is 6.07 Å². The van der Waals surface area contributed by atoms with Gasteiger partial charge in [0.2, 0.25) is 0 Å². The standard InChI is InChI=1S/C17H21N3/c1-2-15-14-8-10-18-11-9-16(14)20-17(19-15)12-13-6-4-3-5-7-13/h3-7,18H,2,8-12H2,1H3. The van der Waals surface area contributed by atoms with Crippen molar-refractivity contribution in [2.75, 3.05) is 13.1 Å². The number of aryl methyl sites for hydroxylation is 1.